The van der Waals surface area contributed by atoms with E-state index in [1.54, 1.807) is 0 Å². The average Bonchev–Trinajstić information content (AvgIpc) is 1.97. The molecule has 72 valence electrons. The number of nitrogen functional groups attached to an aromatic ring is 1. The molecule has 0 atom stereocenters. The maximum atomic E-state index is 10.6. The molecule has 0 aromatic heterocycles. The highest BCUT2D eigenvalue weighted by atomic mass is 35.5. The van der Waals surface area contributed by atoms with E-state index in [1.807, 2.05) is 0 Å². The molecule has 1 aromatic carbocycles. The lowest BCUT2D eigenvalue weighted by Crippen LogP contribution is -1.99. The number of benzene rings is 1. The van der Waals surface area contributed by atoms with Gasteiger partial charge in [0.25, 0.3) is 10.1 Å². The summed E-state index contributed by atoms with van der Waals surface area (Å²) >= 11 is 5.42. The molecule has 0 saturated carbocycles. The van der Waals surface area contributed by atoms with Gasteiger partial charge in [-0.3, -0.25) is 4.55 Å². The van der Waals surface area contributed by atoms with Crippen molar-refractivity contribution in [3.63, 3.8) is 0 Å². The molecule has 4 N–H and O–H groups in total. The van der Waals surface area contributed by atoms with E-state index < -0.39 is 20.8 Å². The van der Waals surface area contributed by atoms with Crippen molar-refractivity contribution in [1.29, 1.82) is 0 Å². The molecule has 13 heavy (non-hydrogen) atoms. The molecular formula is C6H6ClNO4S. The number of halogens is 1. The fourth-order valence-electron chi connectivity index (χ4n) is 0.743. The number of aromatic hydroxyl groups is 1. The Morgan fingerprint density at radius 2 is 1.92 bits per heavy atom. The van der Waals surface area contributed by atoms with Crippen molar-refractivity contribution >= 4 is 27.4 Å². The molecule has 5 nitrogen and oxygen atoms in total. The van der Waals surface area contributed by atoms with Crippen LogP contribution in [0, 0.1) is 0 Å². The minimum Gasteiger partial charge on any atom is -0.504 e. The van der Waals surface area contributed by atoms with E-state index in [0.29, 0.717) is 0 Å². The molecular weight excluding hydrogens is 218 g/mol. The van der Waals surface area contributed by atoms with Crippen molar-refractivity contribution in [2.75, 3.05) is 5.73 Å². The fourth-order valence-corrected chi connectivity index (χ4v) is 1.58. The van der Waals surface area contributed by atoms with Crippen molar-refractivity contribution in [3.05, 3.63) is 17.2 Å². The zero-order valence-corrected chi connectivity index (χ0v) is 7.80. The fraction of sp³-hybridized carbons (Fsp3) is 0. The van der Waals surface area contributed by atoms with E-state index in [-0.39, 0.29) is 10.7 Å². The number of phenolic OH excluding ortho intramolecular Hbond substituents is 1. The highest BCUT2D eigenvalue weighted by Gasteiger charge is 2.14. The molecule has 0 saturated heterocycles. The Labute approximate surface area is 79.5 Å². The maximum Gasteiger partial charge on any atom is 0.294 e. The third-order valence-electron chi connectivity index (χ3n) is 1.36. The number of phenols is 1. The van der Waals surface area contributed by atoms with Crippen LogP contribution in [0.5, 0.6) is 5.75 Å². The first kappa shape index (κ1) is 10.1. The van der Waals surface area contributed by atoms with E-state index >= 15 is 0 Å². The Balaban J connectivity index is 3.47. The van der Waals surface area contributed by atoms with Gasteiger partial charge in [-0.2, -0.15) is 8.42 Å². The van der Waals surface area contributed by atoms with Crippen LogP contribution in [0.25, 0.3) is 0 Å². The molecule has 0 radical (unpaired) electrons. The predicted molar refractivity (Wildman–Crippen MR) is 47.3 cm³/mol. The first-order valence-corrected chi connectivity index (χ1v) is 4.89. The van der Waals surface area contributed by atoms with Crippen LogP contribution in [0.4, 0.5) is 5.69 Å². The van der Waals surface area contributed by atoms with Gasteiger partial charge in [0.05, 0.1) is 15.6 Å². The van der Waals surface area contributed by atoms with Crippen LogP contribution in [-0.4, -0.2) is 18.1 Å². The summed E-state index contributed by atoms with van der Waals surface area (Å²) < 4.78 is 29.8. The lowest BCUT2D eigenvalue weighted by atomic mass is 10.3. The summed E-state index contributed by atoms with van der Waals surface area (Å²) in [6, 6.07) is 1.82. The van der Waals surface area contributed by atoms with Gasteiger partial charge < -0.3 is 10.8 Å². The zero-order chi connectivity index (χ0) is 10.2. The molecule has 0 heterocycles. The monoisotopic (exact) mass is 223 g/mol. The minimum atomic E-state index is -4.34. The minimum absolute atomic E-state index is 0.208. The summed E-state index contributed by atoms with van der Waals surface area (Å²) in [4.78, 5) is -0.451. The maximum absolute atomic E-state index is 10.6. The van der Waals surface area contributed by atoms with Gasteiger partial charge in [0.2, 0.25) is 0 Å². The van der Waals surface area contributed by atoms with Crippen LogP contribution in [0.2, 0.25) is 5.02 Å². The van der Waals surface area contributed by atoms with Gasteiger partial charge in [-0.1, -0.05) is 11.6 Å². The van der Waals surface area contributed by atoms with Crippen LogP contribution in [0.1, 0.15) is 0 Å². The summed E-state index contributed by atoms with van der Waals surface area (Å²) in [5.74, 6) is -0.408. The lowest BCUT2D eigenvalue weighted by Gasteiger charge is -2.03. The Morgan fingerprint density at radius 1 is 1.38 bits per heavy atom. The summed E-state index contributed by atoms with van der Waals surface area (Å²) in [5.41, 5.74) is 5.00. The van der Waals surface area contributed by atoms with Crippen LogP contribution in [-0.2, 0) is 10.1 Å². The molecule has 0 unspecified atom stereocenters. The van der Waals surface area contributed by atoms with Crippen molar-refractivity contribution in [3.8, 4) is 5.75 Å². The summed E-state index contributed by atoms with van der Waals surface area (Å²) in [6.45, 7) is 0. The third kappa shape index (κ3) is 2.03. The van der Waals surface area contributed by atoms with Crippen molar-refractivity contribution in [2.45, 2.75) is 4.90 Å². The average molecular weight is 224 g/mol. The van der Waals surface area contributed by atoms with Gasteiger partial charge >= 0.3 is 0 Å². The molecule has 0 aliphatic rings. The van der Waals surface area contributed by atoms with E-state index in [9.17, 15) is 8.42 Å². The van der Waals surface area contributed by atoms with Crippen LogP contribution >= 0.6 is 11.6 Å². The van der Waals surface area contributed by atoms with Gasteiger partial charge in [0.15, 0.2) is 5.75 Å². The molecule has 1 aromatic rings. The van der Waals surface area contributed by atoms with Gasteiger partial charge in [-0.05, 0) is 12.1 Å². The predicted octanol–water partition coefficient (Wildman–Crippen LogP) is 0.874. The number of nitrogens with two attached hydrogens (primary N) is 1. The van der Waals surface area contributed by atoms with E-state index in [2.05, 4.69) is 0 Å². The normalized spacial score (nSPS) is 11.5. The van der Waals surface area contributed by atoms with Crippen molar-refractivity contribution < 1.29 is 18.1 Å². The van der Waals surface area contributed by atoms with E-state index in [1.165, 1.54) is 0 Å². The molecule has 0 bridgehead atoms. The Kier molecular flexibility index (Phi) is 2.38. The number of hydrogen-bond acceptors (Lipinski definition) is 4. The van der Waals surface area contributed by atoms with Crippen LogP contribution in [0.3, 0.4) is 0 Å². The number of hydrogen-bond donors (Lipinski definition) is 3. The lowest BCUT2D eigenvalue weighted by molar-refractivity contribution is 0.475. The largest absolute Gasteiger partial charge is 0.504 e. The number of anilines is 1. The Bertz CT molecular complexity index is 419. The SMILES string of the molecule is Nc1cc(S(=O)(=O)O)cc(Cl)c1O. The molecule has 0 spiro atoms. The summed E-state index contributed by atoms with van der Waals surface area (Å²) in [7, 11) is -4.34. The first-order valence-electron chi connectivity index (χ1n) is 3.08. The molecule has 1 rings (SSSR count). The molecule has 0 aliphatic carbocycles. The van der Waals surface area contributed by atoms with Crippen molar-refractivity contribution in [1.82, 2.24) is 0 Å². The first-order chi connectivity index (χ1) is 5.82. The third-order valence-corrected chi connectivity index (χ3v) is 2.48. The van der Waals surface area contributed by atoms with Gasteiger partial charge in [0, 0.05) is 0 Å². The van der Waals surface area contributed by atoms with Crippen LogP contribution < -0.4 is 5.73 Å². The molecule has 7 heteroatoms. The van der Waals surface area contributed by atoms with Gasteiger partial charge in [0.1, 0.15) is 0 Å². The topological polar surface area (TPSA) is 101 Å². The highest BCUT2D eigenvalue weighted by Crippen LogP contribution is 2.32. The molecule has 0 fully saturated rings. The smallest absolute Gasteiger partial charge is 0.294 e. The molecule has 0 amide bonds. The molecule has 0 aliphatic heterocycles. The summed E-state index contributed by atoms with van der Waals surface area (Å²) in [6.07, 6.45) is 0. The van der Waals surface area contributed by atoms with Gasteiger partial charge in [-0.25, -0.2) is 0 Å². The standard InChI is InChI=1S/C6H6ClNO4S/c7-4-1-3(13(10,11)12)2-5(8)6(4)9/h1-2,9H,8H2,(H,10,11,12). The van der Waals surface area contributed by atoms with E-state index in [4.69, 9.17) is 27.0 Å². The number of rotatable bonds is 1. The second kappa shape index (κ2) is 3.06. The van der Waals surface area contributed by atoms with Gasteiger partial charge in [-0.15, -0.1) is 0 Å². The second-order valence-corrected chi connectivity index (χ2v) is 4.15. The van der Waals surface area contributed by atoms with E-state index in [0.717, 1.165) is 12.1 Å². The Hall–Kier alpha value is -0.980. The van der Waals surface area contributed by atoms with Crippen molar-refractivity contribution in [2.24, 2.45) is 0 Å². The van der Waals surface area contributed by atoms with Crippen LogP contribution in [0.15, 0.2) is 17.0 Å². The quantitative estimate of drug-likeness (QED) is 0.373. The highest BCUT2D eigenvalue weighted by molar-refractivity contribution is 7.85. The second-order valence-electron chi connectivity index (χ2n) is 2.32. The zero-order valence-electron chi connectivity index (χ0n) is 6.23. The Morgan fingerprint density at radius 3 is 2.31 bits per heavy atom. The summed E-state index contributed by atoms with van der Waals surface area (Å²) in [5, 5.41) is 8.83.